The standard InChI is InChI=1S/C19H25FN6O4S2/c20-14-1-3-16(4-2-14)30-11-17-22-23-19(26(17)21)31-12-18(27)25-8-6-24(7-9-25)15-5-10-32(28,29)13-15/h1-4,15H,5-13,21H2/t15-/m0/s1. The summed E-state index contributed by atoms with van der Waals surface area (Å²) in [5.41, 5.74) is 0. The van der Waals surface area contributed by atoms with Gasteiger partial charge in [0.1, 0.15) is 18.2 Å². The van der Waals surface area contributed by atoms with Crippen molar-refractivity contribution in [2.45, 2.75) is 24.2 Å². The fraction of sp³-hybridized carbons (Fsp3) is 0.526. The molecule has 1 amide bonds. The number of halogens is 1. The third kappa shape index (κ3) is 5.51. The number of nitrogen functional groups attached to an aromatic ring is 1. The van der Waals surface area contributed by atoms with Gasteiger partial charge in [-0.05, 0) is 30.7 Å². The van der Waals surface area contributed by atoms with Gasteiger partial charge in [0, 0.05) is 32.2 Å². The minimum Gasteiger partial charge on any atom is -0.486 e. The maximum absolute atomic E-state index is 13.0. The van der Waals surface area contributed by atoms with Crippen LogP contribution in [0.4, 0.5) is 4.39 Å². The molecule has 0 radical (unpaired) electrons. The number of rotatable bonds is 7. The second-order valence-electron chi connectivity index (χ2n) is 7.77. The van der Waals surface area contributed by atoms with Crippen LogP contribution in [0.3, 0.4) is 0 Å². The average Bonchev–Trinajstić information content (AvgIpc) is 3.33. The van der Waals surface area contributed by atoms with E-state index in [0.29, 0.717) is 49.3 Å². The van der Waals surface area contributed by atoms with Crippen LogP contribution in [0.2, 0.25) is 0 Å². The number of nitrogens with zero attached hydrogens (tertiary/aromatic N) is 5. The van der Waals surface area contributed by atoms with Crippen molar-refractivity contribution in [2.75, 3.05) is 49.3 Å². The van der Waals surface area contributed by atoms with Gasteiger partial charge in [-0.25, -0.2) is 17.5 Å². The van der Waals surface area contributed by atoms with Crippen molar-refractivity contribution < 1.29 is 22.3 Å². The van der Waals surface area contributed by atoms with Crippen molar-refractivity contribution in [2.24, 2.45) is 0 Å². The summed E-state index contributed by atoms with van der Waals surface area (Å²) in [4.78, 5) is 16.5. The fourth-order valence-electron chi connectivity index (χ4n) is 3.80. The first-order chi connectivity index (χ1) is 15.3. The second kappa shape index (κ2) is 9.63. The Morgan fingerprint density at radius 2 is 1.91 bits per heavy atom. The summed E-state index contributed by atoms with van der Waals surface area (Å²) in [6.07, 6.45) is 0.672. The number of hydrogen-bond acceptors (Lipinski definition) is 9. The van der Waals surface area contributed by atoms with Gasteiger partial charge in [-0.1, -0.05) is 11.8 Å². The quantitative estimate of drug-likeness (QED) is 0.431. The van der Waals surface area contributed by atoms with Crippen LogP contribution in [0.1, 0.15) is 12.2 Å². The third-order valence-corrected chi connectivity index (χ3v) is 8.31. The predicted octanol–water partition coefficient (Wildman–Crippen LogP) is 0.133. The summed E-state index contributed by atoms with van der Waals surface area (Å²) < 4.78 is 43.2. The zero-order valence-corrected chi connectivity index (χ0v) is 19.0. The normalized spacial score (nSPS) is 21.0. The first-order valence-corrected chi connectivity index (χ1v) is 13.0. The zero-order chi connectivity index (χ0) is 22.7. The lowest BCUT2D eigenvalue weighted by atomic mass is 10.2. The van der Waals surface area contributed by atoms with Crippen molar-refractivity contribution in [3.8, 4) is 5.75 Å². The number of hydrogen-bond donors (Lipinski definition) is 1. The van der Waals surface area contributed by atoms with E-state index in [1.807, 2.05) is 0 Å². The molecule has 3 heterocycles. The minimum atomic E-state index is -2.91. The largest absolute Gasteiger partial charge is 0.486 e. The number of benzene rings is 1. The summed E-state index contributed by atoms with van der Waals surface area (Å²) in [7, 11) is -2.91. The molecule has 2 aliphatic heterocycles. The molecule has 2 aromatic rings. The van der Waals surface area contributed by atoms with Crippen LogP contribution in [0.25, 0.3) is 0 Å². The number of aromatic nitrogens is 3. The topological polar surface area (TPSA) is 124 Å². The van der Waals surface area contributed by atoms with Crippen molar-refractivity contribution >= 4 is 27.5 Å². The van der Waals surface area contributed by atoms with Crippen LogP contribution in [0.15, 0.2) is 29.4 Å². The molecule has 0 saturated carbocycles. The summed E-state index contributed by atoms with van der Waals surface area (Å²) in [5.74, 6) is 7.14. The lowest BCUT2D eigenvalue weighted by molar-refractivity contribution is -0.130. The lowest BCUT2D eigenvalue weighted by Gasteiger charge is -2.37. The molecule has 10 nitrogen and oxygen atoms in total. The van der Waals surface area contributed by atoms with E-state index in [1.165, 1.54) is 40.7 Å². The van der Waals surface area contributed by atoms with E-state index < -0.39 is 9.84 Å². The van der Waals surface area contributed by atoms with E-state index in [4.69, 9.17) is 10.6 Å². The van der Waals surface area contributed by atoms with Gasteiger partial charge in [0.25, 0.3) is 0 Å². The van der Waals surface area contributed by atoms with Crippen LogP contribution in [-0.4, -0.2) is 88.5 Å². The van der Waals surface area contributed by atoms with Gasteiger partial charge in [0.15, 0.2) is 15.7 Å². The highest BCUT2D eigenvalue weighted by Crippen LogP contribution is 2.21. The Morgan fingerprint density at radius 3 is 2.56 bits per heavy atom. The van der Waals surface area contributed by atoms with Crippen LogP contribution in [0.5, 0.6) is 5.75 Å². The maximum atomic E-state index is 13.0. The third-order valence-electron chi connectivity index (χ3n) is 5.63. The van der Waals surface area contributed by atoms with E-state index in [0.717, 1.165) is 0 Å². The number of sulfone groups is 1. The van der Waals surface area contributed by atoms with Gasteiger partial charge in [-0.15, -0.1) is 10.2 Å². The summed E-state index contributed by atoms with van der Waals surface area (Å²) in [6, 6.07) is 5.67. The smallest absolute Gasteiger partial charge is 0.233 e. The molecule has 2 aliphatic rings. The SMILES string of the molecule is Nn1c(COc2ccc(F)cc2)nnc1SCC(=O)N1CCN([C@H]2CCS(=O)(=O)C2)CC1. The van der Waals surface area contributed by atoms with Crippen LogP contribution in [-0.2, 0) is 21.2 Å². The predicted molar refractivity (Wildman–Crippen MR) is 117 cm³/mol. The number of thioether (sulfide) groups is 1. The van der Waals surface area contributed by atoms with E-state index in [-0.39, 0.29) is 41.6 Å². The van der Waals surface area contributed by atoms with Crippen LogP contribution < -0.4 is 10.6 Å². The first-order valence-electron chi connectivity index (χ1n) is 10.2. The lowest BCUT2D eigenvalue weighted by Crippen LogP contribution is -2.52. The van der Waals surface area contributed by atoms with Gasteiger partial charge >= 0.3 is 0 Å². The van der Waals surface area contributed by atoms with Gasteiger partial charge < -0.3 is 15.5 Å². The molecule has 174 valence electrons. The minimum absolute atomic E-state index is 0.0270. The van der Waals surface area contributed by atoms with E-state index in [9.17, 15) is 17.6 Å². The first kappa shape index (κ1) is 22.8. The molecule has 0 unspecified atom stereocenters. The number of piperazine rings is 1. The van der Waals surface area contributed by atoms with E-state index >= 15 is 0 Å². The molecular weight excluding hydrogens is 459 g/mol. The molecule has 2 fully saturated rings. The molecule has 4 rings (SSSR count). The van der Waals surface area contributed by atoms with E-state index in [2.05, 4.69) is 15.1 Å². The molecule has 0 spiro atoms. The molecule has 2 saturated heterocycles. The molecule has 1 aromatic heterocycles. The van der Waals surface area contributed by atoms with Gasteiger partial charge in [0.05, 0.1) is 17.3 Å². The van der Waals surface area contributed by atoms with Crippen molar-refractivity contribution in [3.63, 3.8) is 0 Å². The van der Waals surface area contributed by atoms with Crippen LogP contribution in [0, 0.1) is 5.82 Å². The number of ether oxygens (including phenoxy) is 1. The monoisotopic (exact) mass is 484 g/mol. The number of carbonyl (C=O) groups is 1. The highest BCUT2D eigenvalue weighted by atomic mass is 32.2. The number of carbonyl (C=O) groups excluding carboxylic acids is 1. The van der Waals surface area contributed by atoms with Crippen molar-refractivity contribution in [3.05, 3.63) is 35.9 Å². The molecule has 1 atom stereocenters. The van der Waals surface area contributed by atoms with Gasteiger partial charge in [0.2, 0.25) is 11.1 Å². The van der Waals surface area contributed by atoms with Gasteiger partial charge in [-0.2, -0.15) is 0 Å². The molecule has 2 N–H and O–H groups in total. The molecule has 1 aromatic carbocycles. The van der Waals surface area contributed by atoms with Crippen LogP contribution >= 0.6 is 11.8 Å². The van der Waals surface area contributed by atoms with E-state index in [1.54, 1.807) is 4.90 Å². The highest BCUT2D eigenvalue weighted by molar-refractivity contribution is 7.99. The summed E-state index contributed by atoms with van der Waals surface area (Å²) in [6.45, 7) is 2.55. The second-order valence-corrected chi connectivity index (χ2v) is 10.9. The Morgan fingerprint density at radius 1 is 1.19 bits per heavy atom. The molecule has 13 heteroatoms. The number of nitrogens with two attached hydrogens (primary N) is 1. The summed E-state index contributed by atoms with van der Waals surface area (Å²) >= 11 is 1.19. The van der Waals surface area contributed by atoms with Crippen molar-refractivity contribution in [1.82, 2.24) is 24.7 Å². The zero-order valence-electron chi connectivity index (χ0n) is 17.4. The Kier molecular flexibility index (Phi) is 6.86. The molecular formula is C19H25FN6O4S2. The highest BCUT2D eigenvalue weighted by Gasteiger charge is 2.34. The van der Waals surface area contributed by atoms with Crippen molar-refractivity contribution in [1.29, 1.82) is 0 Å². The summed E-state index contributed by atoms with van der Waals surface area (Å²) in [5, 5.41) is 8.40. The Bertz CT molecular complexity index is 1050. The Labute approximate surface area is 189 Å². The maximum Gasteiger partial charge on any atom is 0.233 e. The molecule has 32 heavy (non-hydrogen) atoms. The Balaban J connectivity index is 1.23. The molecule has 0 bridgehead atoms. The molecule has 0 aliphatic carbocycles. The fourth-order valence-corrected chi connectivity index (χ4v) is 6.34. The van der Waals surface area contributed by atoms with Gasteiger partial charge in [-0.3, -0.25) is 9.69 Å². The number of amides is 1. The Hall–Kier alpha value is -2.38. The average molecular weight is 485 g/mol.